The van der Waals surface area contributed by atoms with E-state index in [1.54, 1.807) is 17.9 Å². The summed E-state index contributed by atoms with van der Waals surface area (Å²) in [5, 5.41) is 10.2. The number of nitrogens with one attached hydrogen (secondary N) is 2. The van der Waals surface area contributed by atoms with Gasteiger partial charge in [0.05, 0.1) is 23.1 Å². The smallest absolute Gasteiger partial charge is 0.221 e. The molecule has 0 unspecified atom stereocenters. The van der Waals surface area contributed by atoms with E-state index in [1.807, 2.05) is 37.0 Å². The van der Waals surface area contributed by atoms with Crippen molar-refractivity contribution >= 4 is 34.3 Å². The molecule has 4 aromatic heterocycles. The van der Waals surface area contributed by atoms with E-state index in [9.17, 15) is 4.79 Å². The number of nitrogens with zero attached hydrogens (tertiary/aromatic N) is 6. The van der Waals surface area contributed by atoms with Crippen molar-refractivity contribution < 1.29 is 4.79 Å². The van der Waals surface area contributed by atoms with Gasteiger partial charge in [-0.25, -0.2) is 9.97 Å². The number of anilines is 1. The maximum Gasteiger partial charge on any atom is 0.221 e. The Bertz CT molecular complexity index is 1160. The zero-order valence-electron chi connectivity index (χ0n) is 16.5. The average molecular weight is 411 g/mol. The molecule has 2 N–H and O–H groups in total. The second-order valence-electron chi connectivity index (χ2n) is 6.74. The van der Waals surface area contributed by atoms with E-state index in [-0.39, 0.29) is 5.91 Å². The molecule has 0 saturated carbocycles. The van der Waals surface area contributed by atoms with Crippen LogP contribution in [0.15, 0.2) is 30.7 Å². The van der Waals surface area contributed by atoms with Gasteiger partial charge in [0.25, 0.3) is 0 Å². The van der Waals surface area contributed by atoms with Crippen molar-refractivity contribution in [2.45, 2.75) is 19.8 Å². The molecule has 1 amide bonds. The maximum atomic E-state index is 11.6. The fourth-order valence-electron chi connectivity index (χ4n) is 3.12. The quantitative estimate of drug-likeness (QED) is 0.483. The van der Waals surface area contributed by atoms with Gasteiger partial charge in [0, 0.05) is 50.8 Å². The zero-order valence-corrected chi connectivity index (χ0v) is 17.3. The normalized spacial score (nSPS) is 11.1. The van der Waals surface area contributed by atoms with Gasteiger partial charge in [-0.05, 0) is 30.6 Å². The number of hydrogen-bond acceptors (Lipinski definition) is 7. The highest BCUT2D eigenvalue weighted by Gasteiger charge is 2.15. The Morgan fingerprint density at radius 3 is 2.86 bits per heavy atom. The number of aryl methyl sites for hydroxylation is 2. The molecule has 0 saturated heterocycles. The molecule has 4 rings (SSSR count). The molecule has 0 aromatic carbocycles. The van der Waals surface area contributed by atoms with E-state index in [0.29, 0.717) is 31.0 Å². The van der Waals surface area contributed by atoms with Crippen LogP contribution >= 0.6 is 11.5 Å². The molecule has 29 heavy (non-hydrogen) atoms. The first-order valence-corrected chi connectivity index (χ1v) is 10.0. The van der Waals surface area contributed by atoms with Crippen LogP contribution in [-0.2, 0) is 18.3 Å². The minimum Gasteiger partial charge on any atom is -0.368 e. The second-order valence-corrected chi connectivity index (χ2v) is 7.63. The highest BCUT2D eigenvalue weighted by atomic mass is 32.1. The van der Waals surface area contributed by atoms with E-state index in [4.69, 9.17) is 9.97 Å². The van der Waals surface area contributed by atoms with Crippen molar-refractivity contribution in [3.8, 4) is 5.69 Å². The summed E-state index contributed by atoms with van der Waals surface area (Å²) in [5.41, 5.74) is 3.62. The molecule has 10 heteroatoms. The monoisotopic (exact) mass is 410 g/mol. The highest BCUT2D eigenvalue weighted by Crippen LogP contribution is 2.26. The van der Waals surface area contributed by atoms with Gasteiger partial charge in [-0.3, -0.25) is 9.48 Å². The van der Waals surface area contributed by atoms with Gasteiger partial charge < -0.3 is 15.2 Å². The first-order valence-electron chi connectivity index (χ1n) is 9.27. The van der Waals surface area contributed by atoms with Crippen LogP contribution in [-0.4, -0.2) is 48.2 Å². The average Bonchev–Trinajstić information content (AvgIpc) is 3.41. The van der Waals surface area contributed by atoms with E-state index >= 15 is 0 Å². The van der Waals surface area contributed by atoms with Gasteiger partial charge in [0.15, 0.2) is 5.82 Å². The summed E-state index contributed by atoms with van der Waals surface area (Å²) in [7, 11) is 3.51. The molecular weight excluding hydrogens is 388 g/mol. The summed E-state index contributed by atoms with van der Waals surface area (Å²) in [4.78, 5) is 22.3. The standard InChI is InChI=1S/C19H22N8OS/c1-12-8-14(29-25-12)9-16-23-15-5-7-27(13-10-22-26(3)11-13)18(15)19(24-16)21-6-4-17(28)20-2/h5,7-8,10-11H,4,6,9H2,1-3H3,(H,20,28)(H,21,23,24). The Morgan fingerprint density at radius 1 is 1.31 bits per heavy atom. The van der Waals surface area contributed by atoms with Crippen molar-refractivity contribution in [3.05, 3.63) is 47.1 Å². The van der Waals surface area contributed by atoms with Crippen molar-refractivity contribution in [1.29, 1.82) is 0 Å². The van der Waals surface area contributed by atoms with Crippen LogP contribution in [0.5, 0.6) is 0 Å². The molecule has 150 valence electrons. The number of hydrogen-bond donors (Lipinski definition) is 2. The predicted octanol–water partition coefficient (Wildman–Crippen LogP) is 2.06. The van der Waals surface area contributed by atoms with Crippen LogP contribution < -0.4 is 10.6 Å². The van der Waals surface area contributed by atoms with Gasteiger partial charge in [-0.15, -0.1) is 0 Å². The molecule has 4 heterocycles. The molecule has 9 nitrogen and oxygen atoms in total. The van der Waals surface area contributed by atoms with Crippen molar-refractivity contribution in [2.24, 2.45) is 7.05 Å². The van der Waals surface area contributed by atoms with Crippen molar-refractivity contribution in [1.82, 2.24) is 34.0 Å². The van der Waals surface area contributed by atoms with Gasteiger partial charge in [0.2, 0.25) is 5.91 Å². The number of rotatable bonds is 7. The van der Waals surface area contributed by atoms with Crippen LogP contribution in [0.3, 0.4) is 0 Å². The summed E-state index contributed by atoms with van der Waals surface area (Å²) in [5.74, 6) is 1.39. The molecule has 0 aliphatic carbocycles. The lowest BCUT2D eigenvalue weighted by Crippen LogP contribution is -2.21. The Kier molecular flexibility index (Phi) is 5.26. The maximum absolute atomic E-state index is 11.6. The Balaban J connectivity index is 1.72. The first-order chi connectivity index (χ1) is 14.0. The molecule has 4 aromatic rings. The molecular formula is C19H22N8OS. The van der Waals surface area contributed by atoms with E-state index < -0.39 is 0 Å². The SMILES string of the molecule is CNC(=O)CCNc1nc(Cc2cc(C)ns2)nc2ccn(-c3cnn(C)c3)c12. The Morgan fingerprint density at radius 2 is 2.17 bits per heavy atom. The van der Waals surface area contributed by atoms with Gasteiger partial charge in [0.1, 0.15) is 11.3 Å². The van der Waals surface area contributed by atoms with Crippen LogP contribution in [0.2, 0.25) is 0 Å². The van der Waals surface area contributed by atoms with Gasteiger partial charge >= 0.3 is 0 Å². The number of amides is 1. The first kappa shape index (κ1) is 19.1. The van der Waals surface area contributed by atoms with Crippen LogP contribution in [0.25, 0.3) is 16.7 Å². The minimum atomic E-state index is -0.0224. The summed E-state index contributed by atoms with van der Waals surface area (Å²) in [6, 6.07) is 4.02. The lowest BCUT2D eigenvalue weighted by molar-refractivity contribution is -0.120. The molecule has 0 aliphatic rings. The van der Waals surface area contributed by atoms with Crippen LogP contribution in [0, 0.1) is 6.92 Å². The van der Waals surface area contributed by atoms with Crippen molar-refractivity contribution in [3.63, 3.8) is 0 Å². The summed E-state index contributed by atoms with van der Waals surface area (Å²) in [6.07, 6.45) is 6.66. The summed E-state index contributed by atoms with van der Waals surface area (Å²) >= 11 is 1.47. The van der Waals surface area contributed by atoms with E-state index in [2.05, 4.69) is 26.2 Å². The molecule has 0 fully saturated rings. The predicted molar refractivity (Wildman–Crippen MR) is 112 cm³/mol. The highest BCUT2D eigenvalue weighted by molar-refractivity contribution is 7.05. The Labute approximate surface area is 172 Å². The summed E-state index contributed by atoms with van der Waals surface area (Å²) in [6.45, 7) is 2.45. The van der Waals surface area contributed by atoms with Crippen LogP contribution in [0.4, 0.5) is 5.82 Å². The lowest BCUT2D eigenvalue weighted by atomic mass is 10.3. The Hall–Kier alpha value is -3.27. The van der Waals surface area contributed by atoms with Crippen LogP contribution in [0.1, 0.15) is 22.8 Å². The zero-order chi connectivity index (χ0) is 20.4. The van der Waals surface area contributed by atoms with Gasteiger partial charge in [-0.2, -0.15) is 9.47 Å². The number of carbonyl (C=O) groups is 1. The molecule has 0 bridgehead atoms. The third kappa shape index (κ3) is 4.11. The molecule has 0 aliphatic heterocycles. The molecule has 0 radical (unpaired) electrons. The summed E-state index contributed by atoms with van der Waals surface area (Å²) < 4.78 is 8.09. The van der Waals surface area contributed by atoms with Gasteiger partial charge in [-0.1, -0.05) is 0 Å². The third-order valence-electron chi connectivity index (χ3n) is 4.48. The number of aromatic nitrogens is 6. The molecule has 0 spiro atoms. The number of fused-ring (bicyclic) bond motifs is 1. The lowest BCUT2D eigenvalue weighted by Gasteiger charge is -2.11. The second kappa shape index (κ2) is 8.00. The fraction of sp³-hybridized carbons (Fsp3) is 0.316. The van der Waals surface area contributed by atoms with E-state index in [0.717, 1.165) is 27.3 Å². The van der Waals surface area contributed by atoms with E-state index in [1.165, 1.54) is 11.5 Å². The topological polar surface area (TPSA) is 103 Å². The largest absolute Gasteiger partial charge is 0.368 e. The third-order valence-corrected chi connectivity index (χ3v) is 5.36. The fourth-order valence-corrected chi connectivity index (χ4v) is 3.85. The molecule has 0 atom stereocenters. The number of carbonyl (C=O) groups excluding carboxylic acids is 1. The van der Waals surface area contributed by atoms with Crippen molar-refractivity contribution in [2.75, 3.05) is 18.9 Å². The minimum absolute atomic E-state index is 0.0224.